The predicted octanol–water partition coefficient (Wildman–Crippen LogP) is 3.13. The second kappa shape index (κ2) is 6.75. The second-order valence-electron chi connectivity index (χ2n) is 6.49. The quantitative estimate of drug-likeness (QED) is 0.767. The molecule has 1 atom stereocenters. The topological polar surface area (TPSA) is 15.3 Å². The lowest BCUT2D eigenvalue weighted by Crippen LogP contribution is -2.43. The summed E-state index contributed by atoms with van der Waals surface area (Å²) in [7, 11) is 0. The molecule has 1 rings (SSSR count). The Morgan fingerprint density at radius 1 is 1.18 bits per heavy atom. The number of rotatable bonds is 6. The van der Waals surface area contributed by atoms with Crippen molar-refractivity contribution in [3.63, 3.8) is 0 Å². The van der Waals surface area contributed by atoms with Crippen molar-refractivity contribution in [2.75, 3.05) is 26.2 Å². The molecule has 0 aromatic rings. The molecule has 0 bridgehead atoms. The molecule has 1 aliphatic heterocycles. The molecule has 1 fully saturated rings. The molecule has 1 saturated heterocycles. The molecule has 0 radical (unpaired) electrons. The molecule has 17 heavy (non-hydrogen) atoms. The fourth-order valence-corrected chi connectivity index (χ4v) is 2.36. The van der Waals surface area contributed by atoms with Crippen LogP contribution in [0.1, 0.15) is 53.9 Å². The monoisotopic (exact) mass is 240 g/mol. The third-order valence-electron chi connectivity index (χ3n) is 4.81. The number of hydrogen-bond donors (Lipinski definition) is 1. The molecule has 0 amide bonds. The molecule has 1 heterocycles. The van der Waals surface area contributed by atoms with Crippen LogP contribution in [0, 0.1) is 11.3 Å². The van der Waals surface area contributed by atoms with Gasteiger partial charge in [-0.25, -0.2) is 0 Å². The standard InChI is InChI=1S/C15H32N2/c1-6-15(5)7-10-17(11-8-15)12-9-16-14(4)13(2)3/h13-14,16H,6-12H2,1-5H3. The lowest BCUT2D eigenvalue weighted by atomic mass is 9.78. The van der Waals surface area contributed by atoms with E-state index in [0.717, 1.165) is 12.5 Å². The molecule has 0 saturated carbocycles. The summed E-state index contributed by atoms with van der Waals surface area (Å²) in [6, 6.07) is 0.640. The smallest absolute Gasteiger partial charge is 0.0107 e. The summed E-state index contributed by atoms with van der Waals surface area (Å²) in [5.74, 6) is 0.736. The molecule has 102 valence electrons. The Morgan fingerprint density at radius 2 is 1.76 bits per heavy atom. The van der Waals surface area contributed by atoms with Gasteiger partial charge in [0, 0.05) is 19.1 Å². The number of nitrogens with one attached hydrogen (secondary N) is 1. The van der Waals surface area contributed by atoms with E-state index in [1.807, 2.05) is 0 Å². The second-order valence-corrected chi connectivity index (χ2v) is 6.49. The third kappa shape index (κ3) is 4.97. The zero-order valence-corrected chi connectivity index (χ0v) is 12.6. The van der Waals surface area contributed by atoms with Gasteiger partial charge in [0.05, 0.1) is 0 Å². The summed E-state index contributed by atoms with van der Waals surface area (Å²) in [4.78, 5) is 2.62. The Labute approximate surface area is 108 Å². The zero-order valence-electron chi connectivity index (χ0n) is 12.6. The van der Waals surface area contributed by atoms with E-state index in [1.165, 1.54) is 38.9 Å². The first-order chi connectivity index (χ1) is 7.97. The van der Waals surface area contributed by atoms with Crippen molar-refractivity contribution in [2.45, 2.75) is 59.9 Å². The van der Waals surface area contributed by atoms with Crippen LogP contribution in [0.5, 0.6) is 0 Å². The lowest BCUT2D eigenvalue weighted by Gasteiger charge is -2.39. The SMILES string of the molecule is CCC1(C)CCN(CCNC(C)C(C)C)CC1. The van der Waals surface area contributed by atoms with Crippen molar-refractivity contribution in [3.8, 4) is 0 Å². The van der Waals surface area contributed by atoms with Crippen LogP contribution in [0.4, 0.5) is 0 Å². The van der Waals surface area contributed by atoms with Gasteiger partial charge in [0.1, 0.15) is 0 Å². The van der Waals surface area contributed by atoms with Crippen molar-refractivity contribution in [2.24, 2.45) is 11.3 Å². The van der Waals surface area contributed by atoms with E-state index in [1.54, 1.807) is 0 Å². The van der Waals surface area contributed by atoms with E-state index >= 15 is 0 Å². The van der Waals surface area contributed by atoms with Crippen molar-refractivity contribution in [3.05, 3.63) is 0 Å². The van der Waals surface area contributed by atoms with Crippen LogP contribution < -0.4 is 5.32 Å². The summed E-state index contributed by atoms with van der Waals surface area (Å²) < 4.78 is 0. The minimum absolute atomic E-state index is 0.620. The van der Waals surface area contributed by atoms with Gasteiger partial charge in [0.15, 0.2) is 0 Å². The molecule has 0 spiro atoms. The number of piperidine rings is 1. The highest BCUT2D eigenvalue weighted by molar-refractivity contribution is 4.81. The minimum Gasteiger partial charge on any atom is -0.313 e. The molecule has 2 heteroatoms. The molecular weight excluding hydrogens is 208 g/mol. The van der Waals surface area contributed by atoms with Crippen molar-refractivity contribution < 1.29 is 0 Å². The third-order valence-corrected chi connectivity index (χ3v) is 4.81. The van der Waals surface area contributed by atoms with Crippen molar-refractivity contribution in [1.29, 1.82) is 0 Å². The number of hydrogen-bond acceptors (Lipinski definition) is 2. The Bertz CT molecular complexity index is 205. The molecule has 1 aliphatic rings. The van der Waals surface area contributed by atoms with E-state index in [-0.39, 0.29) is 0 Å². The lowest BCUT2D eigenvalue weighted by molar-refractivity contribution is 0.114. The highest BCUT2D eigenvalue weighted by Crippen LogP contribution is 2.33. The zero-order chi connectivity index (χ0) is 12.9. The largest absolute Gasteiger partial charge is 0.313 e. The molecular formula is C15H32N2. The maximum Gasteiger partial charge on any atom is 0.0107 e. The van der Waals surface area contributed by atoms with E-state index < -0.39 is 0 Å². The Morgan fingerprint density at radius 3 is 2.24 bits per heavy atom. The van der Waals surface area contributed by atoms with Crippen molar-refractivity contribution in [1.82, 2.24) is 10.2 Å². The summed E-state index contributed by atoms with van der Waals surface area (Å²) in [5.41, 5.74) is 0.620. The average Bonchev–Trinajstić information content (AvgIpc) is 2.31. The molecule has 2 nitrogen and oxygen atoms in total. The molecule has 1 N–H and O–H groups in total. The average molecular weight is 240 g/mol. The summed E-state index contributed by atoms with van der Waals surface area (Å²) in [6.07, 6.45) is 4.09. The maximum atomic E-state index is 3.62. The van der Waals surface area contributed by atoms with Crippen LogP contribution in [0.15, 0.2) is 0 Å². The van der Waals surface area contributed by atoms with Gasteiger partial charge in [-0.15, -0.1) is 0 Å². The van der Waals surface area contributed by atoms with Gasteiger partial charge >= 0.3 is 0 Å². The molecule has 0 aliphatic carbocycles. The van der Waals surface area contributed by atoms with Crippen LogP contribution in [-0.4, -0.2) is 37.1 Å². The van der Waals surface area contributed by atoms with Crippen LogP contribution in [0.3, 0.4) is 0 Å². The molecule has 0 aromatic carbocycles. The molecule has 1 unspecified atom stereocenters. The van der Waals surface area contributed by atoms with Crippen LogP contribution in [0.2, 0.25) is 0 Å². The van der Waals surface area contributed by atoms with Gasteiger partial charge < -0.3 is 10.2 Å². The summed E-state index contributed by atoms with van der Waals surface area (Å²) >= 11 is 0. The number of nitrogens with zero attached hydrogens (tertiary/aromatic N) is 1. The van der Waals surface area contributed by atoms with Crippen LogP contribution in [-0.2, 0) is 0 Å². The van der Waals surface area contributed by atoms with Crippen LogP contribution in [0.25, 0.3) is 0 Å². The van der Waals surface area contributed by atoms with Gasteiger partial charge in [-0.05, 0) is 44.2 Å². The van der Waals surface area contributed by atoms with E-state index in [4.69, 9.17) is 0 Å². The first kappa shape index (κ1) is 15.0. The normalized spacial score (nSPS) is 22.9. The summed E-state index contributed by atoms with van der Waals surface area (Å²) in [5, 5.41) is 3.62. The van der Waals surface area contributed by atoms with E-state index in [2.05, 4.69) is 44.8 Å². The van der Waals surface area contributed by atoms with Crippen molar-refractivity contribution >= 4 is 0 Å². The Hall–Kier alpha value is -0.0800. The molecule has 0 aromatic heterocycles. The van der Waals surface area contributed by atoms with Gasteiger partial charge in [0.2, 0.25) is 0 Å². The highest BCUT2D eigenvalue weighted by Gasteiger charge is 2.27. The van der Waals surface area contributed by atoms with E-state index in [0.29, 0.717) is 11.5 Å². The van der Waals surface area contributed by atoms with Gasteiger partial charge in [0.25, 0.3) is 0 Å². The summed E-state index contributed by atoms with van der Waals surface area (Å²) in [6.45, 7) is 16.6. The fraction of sp³-hybridized carbons (Fsp3) is 1.00. The predicted molar refractivity (Wildman–Crippen MR) is 76.4 cm³/mol. The van der Waals surface area contributed by atoms with Crippen LogP contribution >= 0.6 is 0 Å². The Balaban J connectivity index is 2.14. The highest BCUT2D eigenvalue weighted by atomic mass is 15.1. The van der Waals surface area contributed by atoms with Gasteiger partial charge in [-0.1, -0.05) is 34.1 Å². The fourth-order valence-electron chi connectivity index (χ4n) is 2.36. The van der Waals surface area contributed by atoms with E-state index in [9.17, 15) is 0 Å². The van der Waals surface area contributed by atoms with Gasteiger partial charge in [-0.3, -0.25) is 0 Å². The Kier molecular flexibility index (Phi) is 5.94. The first-order valence-corrected chi connectivity index (χ1v) is 7.42. The number of likely N-dealkylation sites (tertiary alicyclic amines) is 1. The van der Waals surface area contributed by atoms with Gasteiger partial charge in [-0.2, -0.15) is 0 Å². The minimum atomic E-state index is 0.620. The maximum absolute atomic E-state index is 3.62. The first-order valence-electron chi connectivity index (χ1n) is 7.42.